The molecule has 7 nitrogen and oxygen atoms in total. The molecule has 1 aliphatic heterocycles. The van der Waals surface area contributed by atoms with Crippen LogP contribution < -0.4 is 0 Å². The highest BCUT2D eigenvalue weighted by atomic mass is 16.7. The van der Waals surface area contributed by atoms with E-state index in [9.17, 15) is 10.1 Å². The molecule has 0 amide bonds. The van der Waals surface area contributed by atoms with Gasteiger partial charge in [-0.2, -0.15) is 0 Å². The van der Waals surface area contributed by atoms with E-state index in [1.165, 1.54) is 6.34 Å². The van der Waals surface area contributed by atoms with Gasteiger partial charge in [0.2, 0.25) is 5.84 Å². The van der Waals surface area contributed by atoms with Gasteiger partial charge in [0.25, 0.3) is 0 Å². The lowest BCUT2D eigenvalue weighted by Crippen LogP contribution is -2.21. The van der Waals surface area contributed by atoms with Gasteiger partial charge in [0.1, 0.15) is 0 Å². The molecular weight excluding hydrogens is 210 g/mol. The first-order valence-corrected chi connectivity index (χ1v) is 4.64. The second-order valence-corrected chi connectivity index (χ2v) is 3.22. The van der Waals surface area contributed by atoms with E-state index in [2.05, 4.69) is 15.1 Å². The molecular formula is C9H9N5O2. The Kier molecular flexibility index (Phi) is 2.86. The van der Waals surface area contributed by atoms with Crippen LogP contribution >= 0.6 is 0 Å². The normalized spacial score (nSPS) is 17.0. The van der Waals surface area contributed by atoms with Crippen molar-refractivity contribution in [2.75, 3.05) is 6.54 Å². The zero-order valence-electron chi connectivity index (χ0n) is 8.35. The van der Waals surface area contributed by atoms with Gasteiger partial charge >= 0.3 is 0 Å². The van der Waals surface area contributed by atoms with Crippen LogP contribution in [-0.2, 0) is 6.54 Å². The molecule has 2 heterocycles. The fourth-order valence-electron chi connectivity index (χ4n) is 1.36. The molecule has 0 radical (unpaired) electrons. The van der Waals surface area contributed by atoms with Crippen LogP contribution in [0.3, 0.4) is 0 Å². The lowest BCUT2D eigenvalue weighted by atomic mass is 10.3. The summed E-state index contributed by atoms with van der Waals surface area (Å²) in [4.78, 5) is 19.9. The lowest BCUT2D eigenvalue weighted by Gasteiger charge is -2.11. The Hall–Kier alpha value is -2.31. The van der Waals surface area contributed by atoms with Gasteiger partial charge in [-0.15, -0.1) is 0 Å². The zero-order valence-corrected chi connectivity index (χ0v) is 8.35. The smallest absolute Gasteiger partial charge is 0.223 e. The summed E-state index contributed by atoms with van der Waals surface area (Å²) in [6, 6.07) is 5.61. The third kappa shape index (κ3) is 2.59. The number of nitro groups is 1. The van der Waals surface area contributed by atoms with Crippen molar-refractivity contribution < 1.29 is 5.03 Å². The summed E-state index contributed by atoms with van der Waals surface area (Å²) in [5, 5.41) is 12.5. The minimum Gasteiger partial charge on any atom is -0.349 e. The molecule has 0 fully saturated rings. The van der Waals surface area contributed by atoms with Crippen LogP contribution in [0.2, 0.25) is 0 Å². The summed E-state index contributed by atoms with van der Waals surface area (Å²) in [6.45, 7) is 0.915. The van der Waals surface area contributed by atoms with Crippen LogP contribution in [0.5, 0.6) is 0 Å². The Morgan fingerprint density at radius 2 is 2.44 bits per heavy atom. The van der Waals surface area contributed by atoms with Crippen LogP contribution in [-0.4, -0.2) is 33.6 Å². The maximum atomic E-state index is 10.1. The van der Waals surface area contributed by atoms with E-state index in [1.54, 1.807) is 6.20 Å². The van der Waals surface area contributed by atoms with E-state index in [1.807, 2.05) is 23.1 Å². The molecule has 0 unspecified atom stereocenters. The van der Waals surface area contributed by atoms with Crippen LogP contribution in [0.1, 0.15) is 5.69 Å². The second kappa shape index (κ2) is 4.47. The van der Waals surface area contributed by atoms with Gasteiger partial charge in [0, 0.05) is 6.20 Å². The standard InChI is InChI=1S/C9H9N5O2/c15-14(16)12-9-6-13(7-11-9)5-8-3-1-2-4-10-8/h1-4,7H,5-6H2. The minimum absolute atomic E-state index is 0.209. The van der Waals surface area contributed by atoms with E-state index >= 15 is 0 Å². The summed E-state index contributed by atoms with van der Waals surface area (Å²) in [5.41, 5.74) is 0.885. The van der Waals surface area contributed by atoms with Gasteiger partial charge in [-0.25, -0.2) is 15.1 Å². The number of rotatable bonds is 3. The monoisotopic (exact) mass is 219 g/mol. The minimum atomic E-state index is -0.739. The molecule has 16 heavy (non-hydrogen) atoms. The summed E-state index contributed by atoms with van der Waals surface area (Å²) >= 11 is 0. The number of hydrazone groups is 1. The molecule has 1 aromatic heterocycles. The molecule has 0 N–H and O–H groups in total. The molecule has 0 saturated heterocycles. The molecule has 0 aliphatic carbocycles. The Morgan fingerprint density at radius 1 is 1.56 bits per heavy atom. The number of amidine groups is 1. The van der Waals surface area contributed by atoms with Crippen LogP contribution in [0, 0.1) is 10.1 Å². The largest absolute Gasteiger partial charge is 0.349 e. The van der Waals surface area contributed by atoms with E-state index < -0.39 is 5.03 Å². The highest BCUT2D eigenvalue weighted by Gasteiger charge is 2.15. The van der Waals surface area contributed by atoms with Crippen molar-refractivity contribution in [3.63, 3.8) is 0 Å². The Balaban J connectivity index is 1.96. The first-order chi connectivity index (χ1) is 7.74. The molecule has 0 atom stereocenters. The van der Waals surface area contributed by atoms with Crippen molar-refractivity contribution in [3.05, 3.63) is 40.2 Å². The van der Waals surface area contributed by atoms with Crippen molar-refractivity contribution >= 4 is 12.2 Å². The molecule has 2 rings (SSSR count). The van der Waals surface area contributed by atoms with Crippen molar-refractivity contribution in [2.45, 2.75) is 6.54 Å². The van der Waals surface area contributed by atoms with Gasteiger partial charge in [-0.1, -0.05) is 6.07 Å². The first-order valence-electron chi connectivity index (χ1n) is 4.64. The predicted molar refractivity (Wildman–Crippen MR) is 57.6 cm³/mol. The van der Waals surface area contributed by atoms with E-state index in [4.69, 9.17) is 0 Å². The van der Waals surface area contributed by atoms with Gasteiger partial charge < -0.3 is 4.90 Å². The van der Waals surface area contributed by atoms with Crippen molar-refractivity contribution in [3.8, 4) is 0 Å². The number of nitrogens with zero attached hydrogens (tertiary/aromatic N) is 5. The van der Waals surface area contributed by atoms with Crippen LogP contribution in [0.25, 0.3) is 0 Å². The Labute approximate surface area is 91.3 Å². The van der Waals surface area contributed by atoms with Gasteiger partial charge in [-0.05, 0) is 12.1 Å². The highest BCUT2D eigenvalue weighted by molar-refractivity contribution is 5.95. The van der Waals surface area contributed by atoms with Crippen LogP contribution in [0.4, 0.5) is 0 Å². The topological polar surface area (TPSA) is 84.0 Å². The summed E-state index contributed by atoms with van der Waals surface area (Å²) in [6.07, 6.45) is 3.24. The number of hydrogen-bond acceptors (Lipinski definition) is 4. The number of hydrogen-bond donors (Lipinski definition) is 0. The van der Waals surface area contributed by atoms with E-state index in [0.29, 0.717) is 13.1 Å². The zero-order chi connectivity index (χ0) is 11.4. The average molecular weight is 219 g/mol. The summed E-state index contributed by atoms with van der Waals surface area (Å²) in [5.74, 6) is 0.209. The third-order valence-electron chi connectivity index (χ3n) is 2.00. The molecule has 7 heteroatoms. The fraction of sp³-hybridized carbons (Fsp3) is 0.222. The average Bonchev–Trinajstić information content (AvgIpc) is 2.66. The second-order valence-electron chi connectivity index (χ2n) is 3.22. The van der Waals surface area contributed by atoms with Crippen molar-refractivity contribution in [2.24, 2.45) is 10.1 Å². The number of pyridine rings is 1. The SMILES string of the molecule is O=[N+]([O-])N=C1CN(Cc2ccccn2)C=N1. The van der Waals surface area contributed by atoms with Crippen molar-refractivity contribution in [1.29, 1.82) is 0 Å². The Bertz CT molecular complexity index is 442. The maximum Gasteiger partial charge on any atom is 0.223 e. The van der Waals surface area contributed by atoms with Gasteiger partial charge in [0.05, 0.1) is 30.2 Å². The molecule has 0 spiro atoms. The first kappa shape index (κ1) is 10.2. The van der Waals surface area contributed by atoms with Crippen molar-refractivity contribution in [1.82, 2.24) is 9.88 Å². The van der Waals surface area contributed by atoms with E-state index in [-0.39, 0.29) is 5.84 Å². The fourth-order valence-corrected chi connectivity index (χ4v) is 1.36. The highest BCUT2D eigenvalue weighted by Crippen LogP contribution is 2.04. The summed E-state index contributed by atoms with van der Waals surface area (Å²) < 4.78 is 0. The molecule has 0 saturated carbocycles. The Morgan fingerprint density at radius 3 is 3.12 bits per heavy atom. The third-order valence-corrected chi connectivity index (χ3v) is 2.00. The molecule has 0 aromatic carbocycles. The number of aliphatic imine (C=N–C) groups is 1. The lowest BCUT2D eigenvalue weighted by molar-refractivity contribution is -0.485. The maximum absolute atomic E-state index is 10.1. The molecule has 0 bridgehead atoms. The van der Waals surface area contributed by atoms with E-state index in [0.717, 1.165) is 5.69 Å². The predicted octanol–water partition coefficient (Wildman–Crippen LogP) is 0.516. The number of aromatic nitrogens is 1. The van der Waals surface area contributed by atoms with Gasteiger partial charge in [0.15, 0.2) is 5.03 Å². The quantitative estimate of drug-likeness (QED) is 0.547. The molecule has 82 valence electrons. The molecule has 1 aliphatic rings. The van der Waals surface area contributed by atoms with Crippen LogP contribution in [0.15, 0.2) is 34.5 Å². The summed E-state index contributed by atoms with van der Waals surface area (Å²) in [7, 11) is 0. The molecule has 1 aromatic rings. The van der Waals surface area contributed by atoms with Gasteiger partial charge in [-0.3, -0.25) is 4.98 Å².